The fourth-order valence-electron chi connectivity index (χ4n) is 8.03. The van der Waals surface area contributed by atoms with E-state index in [0.717, 1.165) is 48.4 Å². The molecule has 3 aromatic carbocycles. The van der Waals surface area contributed by atoms with Gasteiger partial charge in [-0.1, -0.05) is 61.6 Å². The Hall–Kier alpha value is -3.66. The van der Waals surface area contributed by atoms with Crippen LogP contribution in [0.1, 0.15) is 38.2 Å². The zero-order chi connectivity index (χ0) is 32.4. The van der Waals surface area contributed by atoms with Crippen molar-refractivity contribution in [2.45, 2.75) is 75.9 Å². The second kappa shape index (κ2) is 13.6. The van der Waals surface area contributed by atoms with Gasteiger partial charge in [-0.15, -0.1) is 0 Å². The van der Waals surface area contributed by atoms with Gasteiger partial charge in [-0.05, 0) is 79.1 Å². The van der Waals surface area contributed by atoms with Gasteiger partial charge in [0, 0.05) is 12.2 Å². The van der Waals surface area contributed by atoms with Crippen LogP contribution in [0.15, 0.2) is 72.8 Å². The zero-order valence-electron chi connectivity index (χ0n) is 27.4. The number of para-hydroxylation sites is 2. The van der Waals surface area contributed by atoms with Crippen molar-refractivity contribution in [1.29, 1.82) is 0 Å². The Labute approximate surface area is 273 Å². The highest BCUT2D eigenvalue weighted by Crippen LogP contribution is 2.47. The van der Waals surface area contributed by atoms with Crippen molar-refractivity contribution in [3.63, 3.8) is 0 Å². The van der Waals surface area contributed by atoms with Gasteiger partial charge < -0.3 is 24.2 Å². The van der Waals surface area contributed by atoms with E-state index in [-0.39, 0.29) is 54.7 Å². The highest BCUT2D eigenvalue weighted by molar-refractivity contribution is 6.91. The number of anilines is 2. The van der Waals surface area contributed by atoms with Gasteiger partial charge >= 0.3 is 0 Å². The van der Waals surface area contributed by atoms with Crippen LogP contribution < -0.4 is 19.6 Å². The van der Waals surface area contributed by atoms with Crippen LogP contribution in [0.5, 0.6) is 11.5 Å². The number of aliphatic hydroxyl groups excluding tert-OH is 1. The number of amides is 2. The number of ether oxygens (including phenoxy) is 3. The van der Waals surface area contributed by atoms with Gasteiger partial charge in [0.1, 0.15) is 11.5 Å². The van der Waals surface area contributed by atoms with Crippen molar-refractivity contribution >= 4 is 36.4 Å². The number of aliphatic hydroxyl groups is 1. The number of benzene rings is 3. The monoisotopic (exact) mass is 642 g/mol. The molecule has 1 N–H and O–H groups in total. The summed E-state index contributed by atoms with van der Waals surface area (Å²) in [7, 11) is -0.437. The number of carbonyl (C=O) groups is 2. The van der Waals surface area contributed by atoms with E-state index in [1.54, 1.807) is 12.0 Å². The normalized spacial score (nSPS) is 24.5. The van der Waals surface area contributed by atoms with Crippen molar-refractivity contribution in [2.75, 3.05) is 31.8 Å². The smallest absolute Gasteiger partial charge is 0.269 e. The maximum atomic E-state index is 13.7. The fourth-order valence-corrected chi connectivity index (χ4v) is 12.1. The molecule has 0 bridgehead atoms. The molecule has 6 rings (SSSR count). The lowest BCUT2D eigenvalue weighted by molar-refractivity contribution is -0.135. The van der Waals surface area contributed by atoms with Crippen LogP contribution in [-0.4, -0.2) is 75.0 Å². The van der Waals surface area contributed by atoms with E-state index in [2.05, 4.69) is 44.3 Å². The lowest BCUT2D eigenvalue weighted by Crippen LogP contribution is -2.51. The number of fused-ring (bicyclic) bond motifs is 1. The van der Waals surface area contributed by atoms with Crippen molar-refractivity contribution in [3.8, 4) is 11.5 Å². The SMILES string of the molecule is COc1ccc([Si](C)(C)[C@H]2[C@H](C)[C@H](CCc3cccc(N4C(=O)COc5ccccc54)c3)O[C@@H]2CC(=O)N2CCC[C@H]2CO)cc1. The highest BCUT2D eigenvalue weighted by Gasteiger charge is 2.51. The second-order valence-electron chi connectivity index (χ2n) is 13.5. The summed E-state index contributed by atoms with van der Waals surface area (Å²) in [4.78, 5) is 30.2. The summed E-state index contributed by atoms with van der Waals surface area (Å²) in [5, 5.41) is 11.2. The van der Waals surface area contributed by atoms with Gasteiger partial charge in [0.2, 0.25) is 5.91 Å². The van der Waals surface area contributed by atoms with E-state index in [1.165, 1.54) is 5.19 Å². The van der Waals surface area contributed by atoms with Gasteiger partial charge in [-0.3, -0.25) is 14.5 Å². The Bertz CT molecular complexity index is 1540. The number of hydrogen-bond acceptors (Lipinski definition) is 6. The average Bonchev–Trinajstić information content (AvgIpc) is 3.68. The highest BCUT2D eigenvalue weighted by atomic mass is 28.3. The van der Waals surface area contributed by atoms with E-state index in [0.29, 0.717) is 18.7 Å². The summed E-state index contributed by atoms with van der Waals surface area (Å²) in [6.45, 7) is 7.81. The molecule has 2 fully saturated rings. The summed E-state index contributed by atoms with van der Waals surface area (Å²) >= 11 is 0. The van der Waals surface area contributed by atoms with Crippen LogP contribution in [0.25, 0.3) is 0 Å². The maximum Gasteiger partial charge on any atom is 0.269 e. The minimum Gasteiger partial charge on any atom is -0.497 e. The molecule has 0 radical (unpaired) electrons. The number of carbonyl (C=O) groups excluding carboxylic acids is 2. The number of methoxy groups -OCH3 is 1. The molecule has 0 aliphatic carbocycles. The summed E-state index contributed by atoms with van der Waals surface area (Å²) in [5.74, 6) is 1.79. The predicted octanol–water partition coefficient (Wildman–Crippen LogP) is 5.45. The first-order valence-corrected chi connectivity index (χ1v) is 19.6. The number of aryl methyl sites for hydroxylation is 1. The quantitative estimate of drug-likeness (QED) is 0.296. The third-order valence-corrected chi connectivity index (χ3v) is 14.8. The van der Waals surface area contributed by atoms with Crippen molar-refractivity contribution in [3.05, 3.63) is 78.4 Å². The third-order valence-electron chi connectivity index (χ3n) is 10.4. The van der Waals surface area contributed by atoms with Crippen molar-refractivity contribution in [1.82, 2.24) is 4.90 Å². The van der Waals surface area contributed by atoms with Crippen LogP contribution >= 0.6 is 0 Å². The van der Waals surface area contributed by atoms with Gasteiger partial charge in [-0.25, -0.2) is 0 Å². The van der Waals surface area contributed by atoms with Crippen LogP contribution in [0, 0.1) is 5.92 Å². The van der Waals surface area contributed by atoms with Crippen LogP contribution in [0.3, 0.4) is 0 Å². The molecular weight excluding hydrogens is 597 g/mol. The molecule has 3 aromatic rings. The van der Waals surface area contributed by atoms with E-state index in [1.807, 2.05) is 53.4 Å². The Balaban J connectivity index is 1.22. The fraction of sp³-hybridized carbons (Fsp3) is 0.459. The van der Waals surface area contributed by atoms with Gasteiger partial charge in [0.25, 0.3) is 5.91 Å². The average molecular weight is 643 g/mol. The van der Waals surface area contributed by atoms with E-state index >= 15 is 0 Å². The summed E-state index contributed by atoms with van der Waals surface area (Å²) < 4.78 is 18.0. The first kappa shape index (κ1) is 32.3. The molecule has 2 saturated heterocycles. The molecule has 0 unspecified atom stereocenters. The van der Waals surface area contributed by atoms with E-state index in [4.69, 9.17) is 14.2 Å². The molecule has 2 amide bonds. The van der Waals surface area contributed by atoms with Crippen LogP contribution in [0.2, 0.25) is 18.6 Å². The number of rotatable bonds is 10. The first-order chi connectivity index (χ1) is 22.2. The topological polar surface area (TPSA) is 88.5 Å². The molecule has 3 aliphatic heterocycles. The number of nitrogens with zero attached hydrogens (tertiary/aromatic N) is 2. The van der Waals surface area contributed by atoms with Gasteiger partial charge in [0.15, 0.2) is 6.61 Å². The molecule has 0 aromatic heterocycles. The molecule has 0 saturated carbocycles. The molecule has 0 spiro atoms. The lowest BCUT2D eigenvalue weighted by atomic mass is 9.94. The Morgan fingerprint density at radius 3 is 2.59 bits per heavy atom. The summed E-state index contributed by atoms with van der Waals surface area (Å²) in [6, 6.07) is 24.1. The summed E-state index contributed by atoms with van der Waals surface area (Å²) in [6.07, 6.45) is 3.53. The molecular formula is C37H46N2O6Si. The van der Waals surface area contributed by atoms with Crippen molar-refractivity contribution in [2.24, 2.45) is 5.92 Å². The molecule has 8 nitrogen and oxygen atoms in total. The largest absolute Gasteiger partial charge is 0.497 e. The molecule has 3 heterocycles. The second-order valence-corrected chi connectivity index (χ2v) is 18.2. The number of hydrogen-bond donors (Lipinski definition) is 1. The molecule has 244 valence electrons. The van der Waals surface area contributed by atoms with Gasteiger partial charge in [0.05, 0.1) is 52.1 Å². The zero-order valence-corrected chi connectivity index (χ0v) is 28.4. The molecule has 9 heteroatoms. The van der Waals surface area contributed by atoms with Crippen LogP contribution in [0.4, 0.5) is 11.4 Å². The first-order valence-electron chi connectivity index (χ1n) is 16.5. The van der Waals surface area contributed by atoms with E-state index in [9.17, 15) is 14.7 Å². The maximum absolute atomic E-state index is 13.7. The van der Waals surface area contributed by atoms with Gasteiger partial charge in [-0.2, -0.15) is 0 Å². The Kier molecular flexibility index (Phi) is 9.54. The summed E-state index contributed by atoms with van der Waals surface area (Å²) in [5.41, 5.74) is 2.96. The van der Waals surface area contributed by atoms with E-state index < -0.39 is 8.07 Å². The predicted molar refractivity (Wildman–Crippen MR) is 182 cm³/mol. The Morgan fingerprint density at radius 1 is 1.04 bits per heavy atom. The molecule has 46 heavy (non-hydrogen) atoms. The lowest BCUT2D eigenvalue weighted by Gasteiger charge is -2.36. The minimum atomic E-state index is -2.12. The van der Waals surface area contributed by atoms with Crippen LogP contribution in [-0.2, 0) is 20.7 Å². The standard InChI is InChI=1S/C37H46N2O6Si/c1-25-32(19-14-26-9-7-10-27(21-26)39-31-12-5-6-13-33(31)44-24-36(39)42)45-34(22-35(41)38-20-8-11-28(38)23-40)37(25)46(3,4)30-17-15-29(43-2)16-18-30/h5-7,9-10,12-13,15-18,21,25,28,32,34,37,40H,8,11,14,19-20,22-24H2,1-4H3/t25-,28+,32+,34-,37+/m1/s1. The number of likely N-dealkylation sites (tertiary alicyclic amines) is 1. The molecule has 3 aliphatic rings. The molecule has 5 atom stereocenters. The Morgan fingerprint density at radius 2 is 1.83 bits per heavy atom. The minimum absolute atomic E-state index is 0.00515. The third kappa shape index (κ3) is 6.33. The van der Waals surface area contributed by atoms with Crippen molar-refractivity contribution < 1.29 is 28.9 Å².